The third-order valence-electron chi connectivity index (χ3n) is 3.22. The van der Waals surface area contributed by atoms with E-state index in [9.17, 15) is 9.50 Å². The van der Waals surface area contributed by atoms with E-state index in [4.69, 9.17) is 11.6 Å². The lowest BCUT2D eigenvalue weighted by Gasteiger charge is -2.24. The highest BCUT2D eigenvalue weighted by Gasteiger charge is 2.20. The summed E-state index contributed by atoms with van der Waals surface area (Å²) < 4.78 is 13.6. The molecule has 1 fully saturated rings. The summed E-state index contributed by atoms with van der Waals surface area (Å²) >= 11 is 7.64. The number of thioether (sulfide) groups is 1. The zero-order valence-electron chi connectivity index (χ0n) is 9.53. The van der Waals surface area contributed by atoms with Gasteiger partial charge in [0.1, 0.15) is 5.82 Å². The standard InChI is InChI=1S/C13H16ClFOS/c14-10-1-2-11(12(15)8-10)13(16)7-9-3-5-17-6-4-9/h1-2,8-9,13,16H,3-7H2. The smallest absolute Gasteiger partial charge is 0.130 e. The molecule has 1 heterocycles. The van der Waals surface area contributed by atoms with Crippen molar-refractivity contribution in [2.45, 2.75) is 25.4 Å². The van der Waals surface area contributed by atoms with Gasteiger partial charge in [-0.25, -0.2) is 4.39 Å². The van der Waals surface area contributed by atoms with Crippen LogP contribution in [0.1, 0.15) is 30.9 Å². The Morgan fingerprint density at radius 2 is 2.12 bits per heavy atom. The highest BCUT2D eigenvalue weighted by Crippen LogP contribution is 2.32. The lowest BCUT2D eigenvalue weighted by molar-refractivity contribution is 0.137. The van der Waals surface area contributed by atoms with Gasteiger partial charge in [-0.15, -0.1) is 0 Å². The molecule has 0 aliphatic carbocycles. The molecule has 0 amide bonds. The molecule has 0 saturated carbocycles. The van der Waals surface area contributed by atoms with Gasteiger partial charge < -0.3 is 5.11 Å². The minimum atomic E-state index is -0.708. The Balaban J connectivity index is 2.00. The van der Waals surface area contributed by atoms with Crippen LogP contribution in [0.3, 0.4) is 0 Å². The maximum absolute atomic E-state index is 13.6. The SMILES string of the molecule is OC(CC1CCSCC1)c1ccc(Cl)cc1F. The minimum Gasteiger partial charge on any atom is -0.388 e. The first-order valence-electron chi connectivity index (χ1n) is 5.87. The number of rotatable bonds is 3. The summed E-state index contributed by atoms with van der Waals surface area (Å²) in [5, 5.41) is 10.4. The fraction of sp³-hybridized carbons (Fsp3) is 0.538. The van der Waals surface area contributed by atoms with Gasteiger partial charge in [0, 0.05) is 10.6 Å². The molecule has 1 aromatic rings. The van der Waals surface area contributed by atoms with Gasteiger partial charge in [-0.1, -0.05) is 17.7 Å². The first-order chi connectivity index (χ1) is 8.16. The maximum atomic E-state index is 13.6. The third-order valence-corrected chi connectivity index (χ3v) is 4.50. The Morgan fingerprint density at radius 1 is 1.41 bits per heavy atom. The van der Waals surface area contributed by atoms with Crippen LogP contribution in [-0.4, -0.2) is 16.6 Å². The van der Waals surface area contributed by atoms with Crippen molar-refractivity contribution in [3.63, 3.8) is 0 Å². The van der Waals surface area contributed by atoms with Crippen molar-refractivity contribution in [3.05, 3.63) is 34.6 Å². The summed E-state index contributed by atoms with van der Waals surface area (Å²) in [7, 11) is 0. The summed E-state index contributed by atoms with van der Waals surface area (Å²) in [6.45, 7) is 0. The molecular formula is C13H16ClFOS. The number of benzene rings is 1. The van der Waals surface area contributed by atoms with E-state index in [0.717, 1.165) is 24.3 Å². The van der Waals surface area contributed by atoms with E-state index in [2.05, 4.69) is 0 Å². The highest BCUT2D eigenvalue weighted by molar-refractivity contribution is 7.99. The Morgan fingerprint density at radius 3 is 2.76 bits per heavy atom. The van der Waals surface area contributed by atoms with Gasteiger partial charge >= 0.3 is 0 Å². The highest BCUT2D eigenvalue weighted by atomic mass is 35.5. The van der Waals surface area contributed by atoms with E-state index >= 15 is 0 Å². The number of hydrogen-bond acceptors (Lipinski definition) is 2. The van der Waals surface area contributed by atoms with E-state index in [1.165, 1.54) is 6.07 Å². The summed E-state index contributed by atoms with van der Waals surface area (Å²) in [5.41, 5.74) is 0.368. The fourth-order valence-electron chi connectivity index (χ4n) is 2.20. The molecule has 0 bridgehead atoms. The summed E-state index contributed by atoms with van der Waals surface area (Å²) in [4.78, 5) is 0. The van der Waals surface area contributed by atoms with Gasteiger partial charge in [-0.05, 0) is 48.8 Å². The number of aliphatic hydroxyl groups excluding tert-OH is 1. The molecule has 0 radical (unpaired) electrons. The number of halogens is 2. The molecule has 4 heteroatoms. The lowest BCUT2D eigenvalue weighted by Crippen LogP contribution is -2.14. The molecule has 17 heavy (non-hydrogen) atoms. The normalized spacial score (nSPS) is 19.2. The van der Waals surface area contributed by atoms with Crippen molar-refractivity contribution < 1.29 is 9.50 Å². The van der Waals surface area contributed by atoms with Crippen molar-refractivity contribution in [2.75, 3.05) is 11.5 Å². The van der Waals surface area contributed by atoms with Gasteiger partial charge in [0.05, 0.1) is 6.10 Å². The van der Waals surface area contributed by atoms with Crippen LogP contribution in [-0.2, 0) is 0 Å². The molecule has 1 aromatic carbocycles. The van der Waals surface area contributed by atoms with Crippen molar-refractivity contribution in [3.8, 4) is 0 Å². The van der Waals surface area contributed by atoms with Gasteiger partial charge in [-0.3, -0.25) is 0 Å². The van der Waals surface area contributed by atoms with E-state index < -0.39 is 11.9 Å². The Labute approximate surface area is 110 Å². The quantitative estimate of drug-likeness (QED) is 0.897. The maximum Gasteiger partial charge on any atom is 0.130 e. The van der Waals surface area contributed by atoms with Crippen molar-refractivity contribution >= 4 is 23.4 Å². The molecule has 0 spiro atoms. The lowest BCUT2D eigenvalue weighted by atomic mass is 9.92. The first kappa shape index (κ1) is 13.2. The Hall–Kier alpha value is -0.250. The second-order valence-electron chi connectivity index (χ2n) is 4.47. The Kier molecular flexibility index (Phi) is 4.71. The molecule has 1 N–H and O–H groups in total. The molecule has 1 saturated heterocycles. The molecule has 2 rings (SSSR count). The van der Waals surface area contributed by atoms with Crippen LogP contribution in [0.25, 0.3) is 0 Å². The average molecular weight is 275 g/mol. The molecule has 1 atom stereocenters. The number of hydrogen-bond donors (Lipinski definition) is 1. The molecule has 1 nitrogen and oxygen atoms in total. The van der Waals surface area contributed by atoms with Crippen LogP contribution in [0.15, 0.2) is 18.2 Å². The summed E-state index contributed by atoms with van der Waals surface area (Å²) in [5.74, 6) is 2.41. The molecular weight excluding hydrogens is 259 g/mol. The summed E-state index contributed by atoms with van der Waals surface area (Å²) in [6, 6.07) is 4.47. The molecule has 94 valence electrons. The molecule has 1 unspecified atom stereocenters. The fourth-order valence-corrected chi connectivity index (χ4v) is 3.56. The van der Waals surface area contributed by atoms with Crippen LogP contribution in [0.2, 0.25) is 5.02 Å². The van der Waals surface area contributed by atoms with Crippen LogP contribution in [0, 0.1) is 11.7 Å². The van der Waals surface area contributed by atoms with E-state index in [-0.39, 0.29) is 0 Å². The zero-order chi connectivity index (χ0) is 12.3. The first-order valence-corrected chi connectivity index (χ1v) is 7.41. The van der Waals surface area contributed by atoms with Crippen LogP contribution in [0.4, 0.5) is 4.39 Å². The van der Waals surface area contributed by atoms with Gasteiger partial charge in [-0.2, -0.15) is 11.8 Å². The zero-order valence-corrected chi connectivity index (χ0v) is 11.1. The minimum absolute atomic E-state index is 0.368. The van der Waals surface area contributed by atoms with Gasteiger partial charge in [0.2, 0.25) is 0 Å². The van der Waals surface area contributed by atoms with Crippen molar-refractivity contribution in [1.29, 1.82) is 0 Å². The van der Waals surface area contributed by atoms with Crippen molar-refractivity contribution in [1.82, 2.24) is 0 Å². The van der Waals surface area contributed by atoms with E-state index in [1.807, 2.05) is 11.8 Å². The second kappa shape index (κ2) is 6.07. The van der Waals surface area contributed by atoms with Crippen LogP contribution in [0.5, 0.6) is 0 Å². The summed E-state index contributed by atoms with van der Waals surface area (Å²) in [6.07, 6.45) is 2.19. The predicted octanol–water partition coefficient (Wildman–Crippen LogP) is 4.05. The third kappa shape index (κ3) is 3.60. The van der Waals surface area contributed by atoms with Crippen molar-refractivity contribution in [2.24, 2.45) is 5.92 Å². The molecule has 0 aromatic heterocycles. The van der Waals surface area contributed by atoms with Gasteiger partial charge in [0.15, 0.2) is 0 Å². The van der Waals surface area contributed by atoms with Gasteiger partial charge in [0.25, 0.3) is 0 Å². The van der Waals surface area contributed by atoms with E-state index in [0.29, 0.717) is 22.9 Å². The van der Waals surface area contributed by atoms with Crippen LogP contribution >= 0.6 is 23.4 Å². The number of aliphatic hydroxyl groups is 1. The predicted molar refractivity (Wildman–Crippen MR) is 71.0 cm³/mol. The second-order valence-corrected chi connectivity index (χ2v) is 6.13. The largest absolute Gasteiger partial charge is 0.388 e. The monoisotopic (exact) mass is 274 g/mol. The van der Waals surface area contributed by atoms with Crippen LogP contribution < -0.4 is 0 Å². The molecule has 1 aliphatic heterocycles. The Bertz CT molecular complexity index is 380. The topological polar surface area (TPSA) is 20.2 Å². The van der Waals surface area contributed by atoms with E-state index in [1.54, 1.807) is 12.1 Å². The average Bonchev–Trinajstić information content (AvgIpc) is 2.30. The molecule has 1 aliphatic rings.